The zero-order valence-corrected chi connectivity index (χ0v) is 67.3. The van der Waals surface area contributed by atoms with Crippen LogP contribution in [0.5, 0.6) is 0 Å². The first-order valence-electron chi connectivity index (χ1n) is 37.4. The average molecular weight is 1390 g/mol. The SMILES string of the molecule is CC.CC.CC.CC.CC.CC.CC.CC.Cc1cc2ccccc2cn1.Cc1ccc2cnccc2c1.Cc1ccc2ncccc2c1.Cc1cccc2ncccc12.Cc1ccnc2ccccc12.Cc1cnc2ccccc2c1.Cc1cncc2ccccc12.Cc1nccc2ccccc12. The number of aryl methyl sites for hydroxylation is 8. The van der Waals surface area contributed by atoms with Crippen molar-refractivity contribution in [1.82, 2.24) is 39.9 Å². The minimum atomic E-state index is 1.07. The molecule has 544 valence electrons. The summed E-state index contributed by atoms with van der Waals surface area (Å²) >= 11 is 0. The van der Waals surface area contributed by atoms with Crippen molar-refractivity contribution in [1.29, 1.82) is 0 Å². The van der Waals surface area contributed by atoms with Gasteiger partial charge >= 0.3 is 0 Å². The van der Waals surface area contributed by atoms with Gasteiger partial charge in [0.05, 0.1) is 22.1 Å². The van der Waals surface area contributed by atoms with Crippen LogP contribution >= 0.6 is 0 Å². The van der Waals surface area contributed by atoms with Gasteiger partial charge in [0.1, 0.15) is 0 Å². The van der Waals surface area contributed by atoms with Crippen LogP contribution in [0.15, 0.2) is 292 Å². The Bertz CT molecular complexity index is 4230. The van der Waals surface area contributed by atoms with Gasteiger partial charge in [-0.2, -0.15) is 0 Å². The first-order chi connectivity index (χ1) is 50.9. The number of hydrogen-bond donors (Lipinski definition) is 0. The van der Waals surface area contributed by atoms with Crippen molar-refractivity contribution >= 4 is 86.7 Å². The van der Waals surface area contributed by atoms with E-state index < -0.39 is 0 Å². The van der Waals surface area contributed by atoms with Crippen LogP contribution in [0.3, 0.4) is 0 Å². The third kappa shape index (κ3) is 31.5. The van der Waals surface area contributed by atoms with Gasteiger partial charge in [0.25, 0.3) is 0 Å². The second kappa shape index (κ2) is 55.7. The number of benzene rings is 8. The van der Waals surface area contributed by atoms with E-state index in [1.807, 2.05) is 302 Å². The molecule has 16 rings (SSSR count). The largest absolute Gasteiger partial charge is 0.264 e. The fourth-order valence-electron chi connectivity index (χ4n) is 9.81. The van der Waals surface area contributed by atoms with Crippen molar-refractivity contribution in [2.45, 2.75) is 166 Å². The fraction of sp³-hybridized carbons (Fsp3) is 0.250. The van der Waals surface area contributed by atoms with Crippen molar-refractivity contribution in [2.24, 2.45) is 0 Å². The average Bonchev–Trinajstić information content (AvgIpc) is 0.866. The molecule has 0 fully saturated rings. The molecule has 0 amide bonds. The molecule has 8 aromatic carbocycles. The highest BCUT2D eigenvalue weighted by Crippen LogP contribution is 2.20. The summed E-state index contributed by atoms with van der Waals surface area (Å²) in [7, 11) is 0. The number of fused-ring (bicyclic) bond motifs is 8. The molecule has 0 spiro atoms. The van der Waals surface area contributed by atoms with Crippen molar-refractivity contribution in [3.63, 3.8) is 0 Å². The second-order valence-electron chi connectivity index (χ2n) is 21.4. The molecule has 104 heavy (non-hydrogen) atoms. The van der Waals surface area contributed by atoms with E-state index in [9.17, 15) is 0 Å². The van der Waals surface area contributed by atoms with E-state index in [2.05, 4.69) is 197 Å². The number of pyridine rings is 8. The molecular weight excluding hydrogens is 1270 g/mol. The summed E-state index contributed by atoms with van der Waals surface area (Å²) in [6.45, 7) is 48.6. The molecule has 0 radical (unpaired) electrons. The van der Waals surface area contributed by atoms with Crippen molar-refractivity contribution < 1.29 is 0 Å². The molecule has 0 saturated heterocycles. The van der Waals surface area contributed by atoms with Crippen molar-refractivity contribution in [3.05, 3.63) is 337 Å². The summed E-state index contributed by atoms with van der Waals surface area (Å²) in [6, 6.07) is 78.3. The maximum Gasteiger partial charge on any atom is 0.0704 e. The standard InChI is InChI=1S/8C10H9N.8C2H6/c1-8-4-2-6-10-9(8)5-3-7-11-10;1-8-2-3-10-7-11-5-4-9(10)6-8;1-8-4-5-10-9(7-8)3-2-6-11-10;1-8-6-11-7-9-4-2-3-5-10(8)9;1-8-6-9-4-2-3-5-10(9)7-11-8;1-8-6-9-4-2-3-5-10(9)11-7-8;1-8-10-5-3-2-4-9(10)6-7-11-8;1-8-6-7-11-10-5-3-2-4-9(8)10;8*1-2/h8*2-7H,1H3;8*1-2H3. The minimum Gasteiger partial charge on any atom is -0.264 e. The van der Waals surface area contributed by atoms with Gasteiger partial charge in [-0.3, -0.25) is 39.9 Å². The predicted molar refractivity (Wildman–Crippen MR) is 463 cm³/mol. The highest BCUT2D eigenvalue weighted by Gasteiger charge is 1.99. The van der Waals surface area contributed by atoms with Gasteiger partial charge in [0, 0.05) is 116 Å². The lowest BCUT2D eigenvalue weighted by Gasteiger charge is -1.98. The molecule has 0 N–H and O–H groups in total. The van der Waals surface area contributed by atoms with E-state index in [0.29, 0.717) is 0 Å². The Kier molecular flexibility index (Phi) is 48.8. The molecule has 0 atom stereocenters. The number of nitrogens with zero attached hydrogens (tertiary/aromatic N) is 8. The molecule has 8 aromatic heterocycles. The van der Waals surface area contributed by atoms with Crippen molar-refractivity contribution in [2.75, 3.05) is 0 Å². The Hall–Kier alpha value is -11.0. The maximum absolute atomic E-state index is 4.28. The number of aromatic nitrogens is 8. The number of hydrogen-bond acceptors (Lipinski definition) is 8. The van der Waals surface area contributed by atoms with Gasteiger partial charge in [-0.15, -0.1) is 0 Å². The van der Waals surface area contributed by atoms with Gasteiger partial charge in [0.2, 0.25) is 0 Å². The highest BCUT2D eigenvalue weighted by atomic mass is 14.7. The van der Waals surface area contributed by atoms with Gasteiger partial charge in [-0.1, -0.05) is 280 Å². The zero-order valence-electron chi connectivity index (χ0n) is 67.3. The summed E-state index contributed by atoms with van der Waals surface area (Å²) in [5.41, 5.74) is 14.1. The lowest BCUT2D eigenvalue weighted by molar-refractivity contribution is 1.22. The van der Waals surface area contributed by atoms with Crippen LogP contribution < -0.4 is 0 Å². The highest BCUT2D eigenvalue weighted by molar-refractivity contribution is 5.87. The molecule has 8 nitrogen and oxygen atoms in total. The van der Waals surface area contributed by atoms with Crippen LogP contribution in [-0.4, -0.2) is 39.9 Å². The van der Waals surface area contributed by atoms with E-state index in [-0.39, 0.29) is 0 Å². The topological polar surface area (TPSA) is 103 Å². The van der Waals surface area contributed by atoms with Gasteiger partial charge in [-0.05, 0) is 172 Å². The van der Waals surface area contributed by atoms with E-state index >= 15 is 0 Å². The Labute approximate surface area is 626 Å². The van der Waals surface area contributed by atoms with E-state index in [0.717, 1.165) is 33.5 Å². The molecule has 0 aliphatic heterocycles. The normalized spacial score (nSPS) is 9.15. The Morgan fingerprint density at radius 3 is 1.23 bits per heavy atom. The van der Waals surface area contributed by atoms with E-state index in [1.165, 1.54) is 98.0 Å². The quantitative estimate of drug-likeness (QED) is 0.148. The summed E-state index contributed by atoms with van der Waals surface area (Å²) in [6.07, 6.45) is 18.6. The van der Waals surface area contributed by atoms with Gasteiger partial charge in [-0.25, -0.2) is 0 Å². The molecule has 0 saturated carbocycles. The van der Waals surface area contributed by atoms with Crippen LogP contribution in [0.2, 0.25) is 0 Å². The summed E-state index contributed by atoms with van der Waals surface area (Å²) < 4.78 is 0. The smallest absolute Gasteiger partial charge is 0.0704 e. The third-order valence-electron chi connectivity index (χ3n) is 14.5. The van der Waals surface area contributed by atoms with E-state index in [1.54, 1.807) is 0 Å². The molecule has 0 bridgehead atoms. The van der Waals surface area contributed by atoms with Gasteiger partial charge < -0.3 is 0 Å². The van der Waals surface area contributed by atoms with E-state index in [4.69, 9.17) is 0 Å². The summed E-state index contributed by atoms with van der Waals surface area (Å²) in [4.78, 5) is 33.6. The monoisotopic (exact) mass is 1380 g/mol. The summed E-state index contributed by atoms with van der Waals surface area (Å²) in [5, 5.41) is 14.9. The molecule has 16 aromatic rings. The Morgan fingerprint density at radius 2 is 0.606 bits per heavy atom. The molecule has 0 aliphatic carbocycles. The molecular formula is C96H120N8. The minimum absolute atomic E-state index is 1.07. The fourth-order valence-corrected chi connectivity index (χ4v) is 9.81. The van der Waals surface area contributed by atoms with Crippen LogP contribution in [-0.2, 0) is 0 Å². The van der Waals surface area contributed by atoms with Crippen LogP contribution in [0.1, 0.15) is 156 Å². The molecule has 8 heteroatoms. The molecule has 0 unspecified atom stereocenters. The van der Waals surface area contributed by atoms with Crippen LogP contribution in [0.25, 0.3) is 86.7 Å². The zero-order chi connectivity index (χ0) is 77.5. The van der Waals surface area contributed by atoms with Crippen molar-refractivity contribution in [3.8, 4) is 0 Å². The third-order valence-corrected chi connectivity index (χ3v) is 14.5. The lowest BCUT2D eigenvalue weighted by Crippen LogP contribution is -1.80. The number of para-hydroxylation sites is 2. The maximum atomic E-state index is 4.28. The predicted octanol–water partition coefficient (Wildman–Crippen LogP) is 28.6. The van der Waals surface area contributed by atoms with Crippen LogP contribution in [0.4, 0.5) is 0 Å². The first kappa shape index (κ1) is 91.1. The molecule has 8 heterocycles. The lowest BCUT2D eigenvalue weighted by atomic mass is 10.1. The Balaban J connectivity index is 0.000000578. The van der Waals surface area contributed by atoms with Gasteiger partial charge in [0.15, 0.2) is 0 Å². The summed E-state index contributed by atoms with van der Waals surface area (Å²) in [5.74, 6) is 0. The second-order valence-corrected chi connectivity index (χ2v) is 21.4. The first-order valence-corrected chi connectivity index (χ1v) is 37.4. The van der Waals surface area contributed by atoms with Crippen LogP contribution in [0, 0.1) is 55.4 Å². The number of rotatable bonds is 0. The molecule has 0 aliphatic rings. The Morgan fingerprint density at radius 1 is 0.192 bits per heavy atom.